The second kappa shape index (κ2) is 6.39. The van der Waals surface area contributed by atoms with E-state index >= 15 is 0 Å². The highest BCUT2D eigenvalue weighted by Gasteiger charge is 2.23. The van der Waals surface area contributed by atoms with Crippen LogP contribution in [-0.4, -0.2) is 12.2 Å². The van der Waals surface area contributed by atoms with E-state index < -0.39 is 0 Å². The molecule has 0 aromatic heterocycles. The number of hydrogen-bond acceptors (Lipinski definition) is 1. The summed E-state index contributed by atoms with van der Waals surface area (Å²) in [5, 5.41) is 0. The fourth-order valence-electron chi connectivity index (χ4n) is 2.23. The van der Waals surface area contributed by atoms with Gasteiger partial charge in [0.05, 0.1) is 6.10 Å². The molecule has 0 bridgehead atoms. The minimum absolute atomic E-state index is 0.0430. The monoisotopic (exact) mass is 240 g/mol. The van der Waals surface area contributed by atoms with E-state index in [0.29, 0.717) is 6.10 Å². The van der Waals surface area contributed by atoms with Crippen molar-refractivity contribution < 1.29 is 4.74 Å². The van der Waals surface area contributed by atoms with Gasteiger partial charge in [-0.15, -0.1) is 5.73 Å². The summed E-state index contributed by atoms with van der Waals surface area (Å²) in [7, 11) is 0. The van der Waals surface area contributed by atoms with Gasteiger partial charge in [-0.2, -0.15) is 0 Å². The van der Waals surface area contributed by atoms with Crippen LogP contribution < -0.4 is 0 Å². The molecule has 1 aliphatic rings. The molecule has 0 aliphatic carbocycles. The summed E-state index contributed by atoms with van der Waals surface area (Å²) in [6, 6.07) is 10.3. The average Bonchev–Trinajstić information content (AvgIpc) is 2.45. The highest BCUT2D eigenvalue weighted by Crippen LogP contribution is 2.26. The molecule has 0 unspecified atom stereocenters. The first-order chi connectivity index (χ1) is 8.83. The largest absolute Gasteiger partial charge is 0.366 e. The minimum atomic E-state index is 0.0430. The molecule has 2 atom stereocenters. The smallest absolute Gasteiger partial charge is 0.105 e. The van der Waals surface area contributed by atoms with E-state index in [4.69, 9.17) is 4.74 Å². The summed E-state index contributed by atoms with van der Waals surface area (Å²) >= 11 is 0. The predicted molar refractivity (Wildman–Crippen MR) is 76.3 cm³/mol. The summed E-state index contributed by atoms with van der Waals surface area (Å²) in [5.41, 5.74) is 5.40. The maximum atomic E-state index is 6.03. The highest BCUT2D eigenvalue weighted by molar-refractivity contribution is 5.50. The van der Waals surface area contributed by atoms with Crippen molar-refractivity contribution in [3.63, 3.8) is 0 Å². The third-order valence-corrected chi connectivity index (χ3v) is 3.36. The summed E-state index contributed by atoms with van der Waals surface area (Å²) in [4.78, 5) is 0. The van der Waals surface area contributed by atoms with Gasteiger partial charge in [0.2, 0.25) is 0 Å². The molecule has 1 aromatic rings. The van der Waals surface area contributed by atoms with Crippen molar-refractivity contribution in [1.29, 1.82) is 0 Å². The fraction of sp³-hybridized carbons (Fsp3) is 0.353. The lowest BCUT2D eigenvalue weighted by Gasteiger charge is -2.29. The van der Waals surface area contributed by atoms with Gasteiger partial charge >= 0.3 is 0 Å². The molecule has 0 N–H and O–H groups in total. The molecule has 94 valence electrons. The summed E-state index contributed by atoms with van der Waals surface area (Å²) < 4.78 is 6.03. The van der Waals surface area contributed by atoms with Gasteiger partial charge in [-0.05, 0) is 24.8 Å². The van der Waals surface area contributed by atoms with Crippen LogP contribution in [0, 0.1) is 0 Å². The Bertz CT molecular complexity index is 452. The Morgan fingerprint density at radius 3 is 2.83 bits per heavy atom. The zero-order valence-corrected chi connectivity index (χ0v) is 10.9. The quantitative estimate of drug-likeness (QED) is 0.713. The van der Waals surface area contributed by atoms with Crippen LogP contribution in [0.3, 0.4) is 0 Å². The first kappa shape index (κ1) is 12.9. The highest BCUT2D eigenvalue weighted by atomic mass is 16.5. The van der Waals surface area contributed by atoms with Gasteiger partial charge < -0.3 is 4.74 Å². The standard InChI is InChI=1S/C17H20O/c1-3-15-11-12-16(4-2)18-17(15)13-10-14-8-6-5-7-9-14/h5-10,13,16-17H,1,4,11-12H2,2H3/b13-10+/t16-,17+/m0/s1. The normalized spacial score (nSPS) is 24.2. The lowest BCUT2D eigenvalue weighted by atomic mass is 9.96. The summed E-state index contributed by atoms with van der Waals surface area (Å²) in [6.45, 7) is 5.94. The lowest BCUT2D eigenvalue weighted by Crippen LogP contribution is -2.27. The molecule has 18 heavy (non-hydrogen) atoms. The summed E-state index contributed by atoms with van der Waals surface area (Å²) in [6.07, 6.45) is 7.84. The molecule has 1 fully saturated rings. The number of hydrogen-bond donors (Lipinski definition) is 0. The van der Waals surface area contributed by atoms with E-state index in [2.05, 4.69) is 43.5 Å². The number of ether oxygens (including phenoxy) is 1. The van der Waals surface area contributed by atoms with Crippen LogP contribution in [0.15, 0.2) is 54.3 Å². The van der Waals surface area contributed by atoms with E-state index in [-0.39, 0.29) is 6.10 Å². The molecule has 1 saturated heterocycles. The van der Waals surface area contributed by atoms with Crippen molar-refractivity contribution in [3.8, 4) is 0 Å². The molecule has 1 heterocycles. The molecule has 1 nitrogen and oxygen atoms in total. The molecule has 0 amide bonds. The van der Waals surface area contributed by atoms with Crippen LogP contribution in [0.25, 0.3) is 6.08 Å². The first-order valence-corrected chi connectivity index (χ1v) is 6.61. The molecular weight excluding hydrogens is 220 g/mol. The topological polar surface area (TPSA) is 9.23 Å². The van der Waals surface area contributed by atoms with Gasteiger partial charge in [-0.25, -0.2) is 0 Å². The van der Waals surface area contributed by atoms with Gasteiger partial charge in [-0.3, -0.25) is 0 Å². The van der Waals surface area contributed by atoms with Crippen molar-refractivity contribution in [1.82, 2.24) is 0 Å². The zero-order valence-electron chi connectivity index (χ0n) is 10.9. The van der Waals surface area contributed by atoms with Gasteiger partial charge in [0.15, 0.2) is 0 Å². The van der Waals surface area contributed by atoms with Crippen LogP contribution in [0.4, 0.5) is 0 Å². The Labute approximate surface area is 109 Å². The van der Waals surface area contributed by atoms with Crippen LogP contribution in [0.5, 0.6) is 0 Å². The van der Waals surface area contributed by atoms with Crippen molar-refractivity contribution in [2.75, 3.05) is 0 Å². The van der Waals surface area contributed by atoms with E-state index in [9.17, 15) is 0 Å². The SMILES string of the molecule is C=C=C1CC[C@H](CC)O[C@@H]1/C=C/c1ccccc1. The van der Waals surface area contributed by atoms with E-state index in [1.54, 1.807) is 0 Å². The Morgan fingerprint density at radius 1 is 1.39 bits per heavy atom. The van der Waals surface area contributed by atoms with E-state index in [0.717, 1.165) is 19.3 Å². The van der Waals surface area contributed by atoms with Crippen molar-refractivity contribution >= 4 is 6.08 Å². The Balaban J connectivity index is 2.10. The third kappa shape index (κ3) is 3.22. The second-order valence-electron chi connectivity index (χ2n) is 4.60. The predicted octanol–water partition coefficient (Wildman–Crippen LogP) is 4.37. The average molecular weight is 240 g/mol. The first-order valence-electron chi connectivity index (χ1n) is 6.61. The molecule has 2 rings (SSSR count). The second-order valence-corrected chi connectivity index (χ2v) is 4.60. The molecule has 0 saturated carbocycles. The molecule has 1 aromatic carbocycles. The van der Waals surface area contributed by atoms with Crippen molar-refractivity contribution in [3.05, 3.63) is 59.9 Å². The lowest BCUT2D eigenvalue weighted by molar-refractivity contribution is 0.00305. The zero-order chi connectivity index (χ0) is 12.8. The van der Waals surface area contributed by atoms with Crippen LogP contribution in [-0.2, 0) is 4.74 Å². The minimum Gasteiger partial charge on any atom is -0.366 e. The van der Waals surface area contributed by atoms with Gasteiger partial charge in [0, 0.05) is 5.57 Å². The summed E-state index contributed by atoms with van der Waals surface area (Å²) in [5.74, 6) is 0. The number of rotatable bonds is 3. The molecule has 1 heteroatoms. The van der Waals surface area contributed by atoms with Crippen molar-refractivity contribution in [2.45, 2.75) is 38.4 Å². The van der Waals surface area contributed by atoms with E-state index in [1.165, 1.54) is 11.1 Å². The number of benzene rings is 1. The van der Waals surface area contributed by atoms with Gasteiger partial charge in [0.1, 0.15) is 6.10 Å². The van der Waals surface area contributed by atoms with Crippen LogP contribution in [0.1, 0.15) is 31.7 Å². The third-order valence-electron chi connectivity index (χ3n) is 3.36. The molecule has 0 spiro atoms. The fourth-order valence-corrected chi connectivity index (χ4v) is 2.23. The van der Waals surface area contributed by atoms with E-state index in [1.807, 2.05) is 18.2 Å². The van der Waals surface area contributed by atoms with Crippen LogP contribution in [0.2, 0.25) is 0 Å². The Hall–Kier alpha value is -1.56. The van der Waals surface area contributed by atoms with Crippen molar-refractivity contribution in [2.24, 2.45) is 0 Å². The maximum absolute atomic E-state index is 6.03. The molecule has 0 radical (unpaired) electrons. The van der Waals surface area contributed by atoms with Gasteiger partial charge in [-0.1, -0.05) is 56.0 Å². The Morgan fingerprint density at radius 2 is 2.17 bits per heavy atom. The van der Waals surface area contributed by atoms with Gasteiger partial charge in [0.25, 0.3) is 0 Å². The molecule has 1 aliphatic heterocycles. The Kier molecular flexibility index (Phi) is 4.58. The maximum Gasteiger partial charge on any atom is 0.105 e. The molecular formula is C17H20O. The van der Waals surface area contributed by atoms with Crippen LogP contribution >= 0.6 is 0 Å².